The minimum absolute atomic E-state index is 0.283. The van der Waals surface area contributed by atoms with Crippen LogP contribution in [0.25, 0.3) is 0 Å². The number of fused-ring (bicyclic) bond motifs is 1. The Labute approximate surface area is 167 Å². The molecule has 28 heavy (non-hydrogen) atoms. The van der Waals surface area contributed by atoms with E-state index in [0.717, 1.165) is 16.8 Å². The number of methoxy groups -OCH3 is 1. The maximum atomic E-state index is 13.2. The molecule has 1 unspecified atom stereocenters. The molecule has 1 heterocycles. The van der Waals surface area contributed by atoms with Gasteiger partial charge in [0.2, 0.25) is 0 Å². The van der Waals surface area contributed by atoms with E-state index >= 15 is 0 Å². The highest BCUT2D eigenvalue weighted by Gasteiger charge is 2.30. The second-order valence-electron chi connectivity index (χ2n) is 6.39. The highest BCUT2D eigenvalue weighted by molar-refractivity contribution is 6.33. The fourth-order valence-corrected chi connectivity index (χ4v) is 3.42. The van der Waals surface area contributed by atoms with Gasteiger partial charge in [-0.2, -0.15) is 0 Å². The number of rotatable bonds is 6. The second-order valence-corrected chi connectivity index (χ2v) is 6.79. The van der Waals surface area contributed by atoms with Crippen LogP contribution in [0.4, 0.5) is 10.1 Å². The minimum Gasteiger partial charge on any atom is -0.481 e. The Morgan fingerprint density at radius 2 is 1.96 bits per heavy atom. The molecular formula is C21H21ClFNO4. The van der Waals surface area contributed by atoms with E-state index in [-0.39, 0.29) is 12.4 Å². The highest BCUT2D eigenvalue weighted by atomic mass is 35.5. The summed E-state index contributed by atoms with van der Waals surface area (Å²) < 4.78 is 23.4. The number of halogens is 2. The van der Waals surface area contributed by atoms with Gasteiger partial charge in [-0.15, -0.1) is 0 Å². The van der Waals surface area contributed by atoms with Crippen molar-refractivity contribution in [3.05, 3.63) is 69.6 Å². The zero-order valence-electron chi connectivity index (χ0n) is 15.6. The van der Waals surface area contributed by atoms with Crippen LogP contribution < -0.4 is 10.1 Å². The van der Waals surface area contributed by atoms with Gasteiger partial charge in [-0.3, -0.25) is 0 Å². The van der Waals surface area contributed by atoms with Gasteiger partial charge in [0.05, 0.1) is 23.4 Å². The van der Waals surface area contributed by atoms with Crippen molar-refractivity contribution in [2.75, 3.05) is 19.0 Å². The topological polar surface area (TPSA) is 67.8 Å². The molecule has 7 heteroatoms. The summed E-state index contributed by atoms with van der Waals surface area (Å²) in [6, 6.07) is 9.40. The van der Waals surface area contributed by atoms with Crippen molar-refractivity contribution >= 4 is 23.3 Å². The SMILES string of the molecule is CCC1=C(Cc2ccc(F)cc2)C(O)c2c(OCC(=O)OC)ccc(Cl)c2N1. The molecule has 0 saturated heterocycles. The Kier molecular flexibility index (Phi) is 6.21. The van der Waals surface area contributed by atoms with E-state index in [1.807, 2.05) is 6.92 Å². The zero-order valence-corrected chi connectivity index (χ0v) is 16.3. The van der Waals surface area contributed by atoms with E-state index in [9.17, 15) is 14.3 Å². The standard InChI is InChI=1S/C21H21ClFNO4/c1-3-16-14(10-12-4-6-13(23)7-5-12)21(26)19-17(28-11-18(25)27-2)9-8-15(22)20(19)24-16/h4-9,21,24,26H,3,10-11H2,1-2H3. The van der Waals surface area contributed by atoms with Gasteiger partial charge >= 0.3 is 5.97 Å². The molecule has 5 nitrogen and oxygen atoms in total. The lowest BCUT2D eigenvalue weighted by Crippen LogP contribution is -2.21. The summed E-state index contributed by atoms with van der Waals surface area (Å²) in [5.74, 6) is -0.499. The molecule has 0 saturated carbocycles. The number of ether oxygens (including phenoxy) is 2. The predicted octanol–water partition coefficient (Wildman–Crippen LogP) is 4.40. The van der Waals surface area contributed by atoms with Crippen molar-refractivity contribution in [3.8, 4) is 5.75 Å². The Morgan fingerprint density at radius 1 is 1.25 bits per heavy atom. The normalized spacial score (nSPS) is 15.7. The van der Waals surface area contributed by atoms with Crippen molar-refractivity contribution in [2.24, 2.45) is 0 Å². The number of carbonyl (C=O) groups excluding carboxylic acids is 1. The summed E-state index contributed by atoms with van der Waals surface area (Å²) in [6.45, 7) is 1.69. The Bertz CT molecular complexity index is 911. The lowest BCUT2D eigenvalue weighted by molar-refractivity contribution is -0.142. The number of aliphatic hydroxyl groups is 1. The number of aliphatic hydroxyl groups excluding tert-OH is 1. The van der Waals surface area contributed by atoms with Crippen LogP contribution >= 0.6 is 11.6 Å². The van der Waals surface area contributed by atoms with Gasteiger partial charge in [-0.1, -0.05) is 30.7 Å². The maximum absolute atomic E-state index is 13.2. The fourth-order valence-electron chi connectivity index (χ4n) is 3.21. The summed E-state index contributed by atoms with van der Waals surface area (Å²) in [7, 11) is 1.27. The van der Waals surface area contributed by atoms with Crippen molar-refractivity contribution in [3.63, 3.8) is 0 Å². The van der Waals surface area contributed by atoms with Gasteiger partial charge in [0.25, 0.3) is 0 Å². The smallest absolute Gasteiger partial charge is 0.343 e. The number of esters is 1. The molecular weight excluding hydrogens is 385 g/mol. The van der Waals surface area contributed by atoms with Crippen LogP contribution in [-0.2, 0) is 16.0 Å². The third-order valence-electron chi connectivity index (χ3n) is 4.66. The molecule has 0 aliphatic carbocycles. The number of benzene rings is 2. The number of allylic oxidation sites excluding steroid dienone is 1. The first-order valence-corrected chi connectivity index (χ1v) is 9.25. The molecule has 0 radical (unpaired) electrons. The van der Waals surface area contributed by atoms with E-state index in [1.165, 1.54) is 19.2 Å². The van der Waals surface area contributed by atoms with Crippen LogP contribution in [0.3, 0.4) is 0 Å². The molecule has 0 aromatic heterocycles. The molecule has 148 valence electrons. The first-order valence-electron chi connectivity index (χ1n) is 8.88. The molecule has 1 aliphatic heterocycles. The summed E-state index contributed by atoms with van der Waals surface area (Å²) in [4.78, 5) is 11.4. The molecule has 2 aromatic rings. The highest BCUT2D eigenvalue weighted by Crippen LogP contribution is 2.46. The second kappa shape index (κ2) is 8.63. The number of carbonyl (C=O) groups is 1. The summed E-state index contributed by atoms with van der Waals surface area (Å²) >= 11 is 6.33. The maximum Gasteiger partial charge on any atom is 0.343 e. The summed E-state index contributed by atoms with van der Waals surface area (Å²) in [5, 5.41) is 14.9. The molecule has 0 bridgehead atoms. The van der Waals surface area contributed by atoms with Crippen LogP contribution in [-0.4, -0.2) is 24.8 Å². The fraction of sp³-hybridized carbons (Fsp3) is 0.286. The number of hydrogen-bond donors (Lipinski definition) is 2. The molecule has 1 atom stereocenters. The average molecular weight is 406 g/mol. The Balaban J connectivity index is 1.97. The van der Waals surface area contributed by atoms with Gasteiger partial charge < -0.3 is 19.9 Å². The molecule has 2 aromatic carbocycles. The molecule has 3 rings (SSSR count). The first-order chi connectivity index (χ1) is 13.4. The van der Waals surface area contributed by atoms with Gasteiger partial charge in [0.15, 0.2) is 6.61 Å². The van der Waals surface area contributed by atoms with Crippen LogP contribution in [0.15, 0.2) is 47.7 Å². The summed E-state index contributed by atoms with van der Waals surface area (Å²) in [6.07, 6.45) is 0.0963. The van der Waals surface area contributed by atoms with E-state index in [0.29, 0.717) is 34.9 Å². The lowest BCUT2D eigenvalue weighted by Gasteiger charge is -2.31. The van der Waals surface area contributed by atoms with Crippen molar-refractivity contribution in [1.29, 1.82) is 0 Å². The van der Waals surface area contributed by atoms with Crippen molar-refractivity contribution < 1.29 is 23.8 Å². The first kappa shape index (κ1) is 20.2. The van der Waals surface area contributed by atoms with Gasteiger partial charge in [-0.25, -0.2) is 9.18 Å². The number of anilines is 1. The molecule has 0 amide bonds. The Morgan fingerprint density at radius 3 is 2.61 bits per heavy atom. The zero-order chi connectivity index (χ0) is 20.3. The lowest BCUT2D eigenvalue weighted by atomic mass is 9.88. The van der Waals surface area contributed by atoms with Crippen molar-refractivity contribution in [2.45, 2.75) is 25.9 Å². The van der Waals surface area contributed by atoms with E-state index < -0.39 is 12.1 Å². The van der Waals surface area contributed by atoms with E-state index in [4.69, 9.17) is 16.3 Å². The average Bonchev–Trinajstić information content (AvgIpc) is 2.70. The van der Waals surface area contributed by atoms with Crippen molar-refractivity contribution in [1.82, 2.24) is 0 Å². The Hall–Kier alpha value is -2.57. The number of nitrogens with one attached hydrogen (secondary N) is 1. The number of hydrogen-bond acceptors (Lipinski definition) is 5. The predicted molar refractivity (Wildman–Crippen MR) is 105 cm³/mol. The van der Waals surface area contributed by atoms with Crippen LogP contribution in [0.2, 0.25) is 5.02 Å². The molecule has 2 N–H and O–H groups in total. The molecule has 0 fully saturated rings. The molecule has 1 aliphatic rings. The van der Waals surface area contributed by atoms with Gasteiger partial charge in [-0.05, 0) is 48.2 Å². The third kappa shape index (κ3) is 4.13. The van der Waals surface area contributed by atoms with Crippen LogP contribution in [0, 0.1) is 5.82 Å². The summed E-state index contributed by atoms with van der Waals surface area (Å²) in [5.41, 5.74) is 3.47. The van der Waals surface area contributed by atoms with Gasteiger partial charge in [0.1, 0.15) is 17.7 Å². The van der Waals surface area contributed by atoms with Gasteiger partial charge in [0, 0.05) is 5.70 Å². The quantitative estimate of drug-likeness (QED) is 0.697. The monoisotopic (exact) mass is 405 g/mol. The minimum atomic E-state index is -0.984. The molecule has 0 spiro atoms. The largest absolute Gasteiger partial charge is 0.481 e. The third-order valence-corrected chi connectivity index (χ3v) is 4.97. The van der Waals surface area contributed by atoms with E-state index in [1.54, 1.807) is 24.3 Å². The van der Waals surface area contributed by atoms with Crippen LogP contribution in [0.1, 0.15) is 30.6 Å². The van der Waals surface area contributed by atoms with E-state index in [2.05, 4.69) is 10.1 Å². The van der Waals surface area contributed by atoms with Crippen LogP contribution in [0.5, 0.6) is 5.75 Å².